The van der Waals surface area contributed by atoms with Gasteiger partial charge in [0.15, 0.2) is 0 Å². The average molecular weight is 653 g/mol. The number of rotatable bonds is 13. The molecule has 7 nitrogen and oxygen atoms in total. The summed E-state index contributed by atoms with van der Waals surface area (Å²) in [7, 11) is -4.20. The summed E-state index contributed by atoms with van der Waals surface area (Å²) in [6, 6.07) is 29.6. The minimum atomic E-state index is -4.20. The number of halogens is 2. The molecule has 4 aromatic rings. The maximum absolute atomic E-state index is 14.4. The molecule has 0 aliphatic carbocycles. The standard InChI is InChI=1S/C34H35Cl2N3O4S/c1-3-25(2)37-34(41)32(21-26-11-6-4-7-12-26)38(23-27-17-19-28(35)20-18-27)33(40)24-39(30-14-10-13-29(36)22-30)44(42,43)31-15-8-5-9-16-31/h4-20,22,25,32H,3,21,23-24H2,1-2H3,(H,37,41)/t25-,32-/m1/s1. The summed E-state index contributed by atoms with van der Waals surface area (Å²) in [6.07, 6.45) is 0.928. The van der Waals surface area contributed by atoms with E-state index in [9.17, 15) is 18.0 Å². The molecule has 1 N–H and O–H groups in total. The highest BCUT2D eigenvalue weighted by Gasteiger charge is 2.35. The molecule has 0 fully saturated rings. The molecule has 0 aliphatic rings. The SMILES string of the molecule is CC[C@@H](C)NC(=O)[C@@H](Cc1ccccc1)N(Cc1ccc(Cl)cc1)C(=O)CN(c1cccc(Cl)c1)S(=O)(=O)c1ccccc1. The maximum Gasteiger partial charge on any atom is 0.264 e. The third-order valence-electron chi connectivity index (χ3n) is 7.24. The van der Waals surface area contributed by atoms with E-state index in [-0.39, 0.29) is 35.5 Å². The molecule has 0 spiro atoms. The van der Waals surface area contributed by atoms with Crippen LogP contribution in [0.25, 0.3) is 0 Å². The van der Waals surface area contributed by atoms with Crippen LogP contribution in [0.1, 0.15) is 31.4 Å². The summed E-state index contributed by atoms with van der Waals surface area (Å²) in [6.45, 7) is 3.35. The number of nitrogens with one attached hydrogen (secondary N) is 1. The maximum atomic E-state index is 14.4. The zero-order valence-corrected chi connectivity index (χ0v) is 26.9. The number of benzene rings is 4. The lowest BCUT2D eigenvalue weighted by Gasteiger charge is -2.34. The zero-order valence-electron chi connectivity index (χ0n) is 24.6. The predicted octanol–water partition coefficient (Wildman–Crippen LogP) is 6.74. The van der Waals surface area contributed by atoms with Crippen LogP contribution in [0.5, 0.6) is 0 Å². The first-order valence-corrected chi connectivity index (χ1v) is 16.5. The van der Waals surface area contributed by atoms with Gasteiger partial charge in [0.1, 0.15) is 12.6 Å². The molecule has 0 radical (unpaired) electrons. The van der Waals surface area contributed by atoms with Crippen LogP contribution in [0.3, 0.4) is 0 Å². The van der Waals surface area contributed by atoms with Gasteiger partial charge < -0.3 is 10.2 Å². The van der Waals surface area contributed by atoms with E-state index in [1.54, 1.807) is 60.7 Å². The Hall–Kier alpha value is -3.85. The Morgan fingerprint density at radius 3 is 2.05 bits per heavy atom. The highest BCUT2D eigenvalue weighted by Crippen LogP contribution is 2.27. The lowest BCUT2D eigenvalue weighted by atomic mass is 10.0. The van der Waals surface area contributed by atoms with Crippen LogP contribution in [0.2, 0.25) is 10.0 Å². The highest BCUT2D eigenvalue weighted by atomic mass is 35.5. The van der Waals surface area contributed by atoms with Gasteiger partial charge >= 0.3 is 0 Å². The van der Waals surface area contributed by atoms with Crippen molar-refractivity contribution in [1.82, 2.24) is 10.2 Å². The molecule has 44 heavy (non-hydrogen) atoms. The molecule has 4 aromatic carbocycles. The van der Waals surface area contributed by atoms with Gasteiger partial charge in [-0.15, -0.1) is 0 Å². The number of amides is 2. The van der Waals surface area contributed by atoms with E-state index >= 15 is 0 Å². The molecule has 230 valence electrons. The smallest absolute Gasteiger partial charge is 0.264 e. The first kappa shape index (κ1) is 33.1. The van der Waals surface area contributed by atoms with E-state index in [2.05, 4.69) is 5.32 Å². The van der Waals surface area contributed by atoms with Crippen molar-refractivity contribution in [2.24, 2.45) is 0 Å². The lowest BCUT2D eigenvalue weighted by molar-refractivity contribution is -0.140. The van der Waals surface area contributed by atoms with Gasteiger partial charge in [-0.2, -0.15) is 0 Å². The molecular weight excluding hydrogens is 617 g/mol. The molecule has 0 heterocycles. The lowest BCUT2D eigenvalue weighted by Crippen LogP contribution is -2.54. The second kappa shape index (κ2) is 15.2. The Morgan fingerprint density at radius 2 is 1.43 bits per heavy atom. The number of nitrogens with zero attached hydrogens (tertiary/aromatic N) is 2. The van der Waals surface area contributed by atoms with Crippen LogP contribution in [0, 0.1) is 0 Å². The first-order chi connectivity index (χ1) is 21.1. The van der Waals surface area contributed by atoms with E-state index in [1.807, 2.05) is 44.2 Å². The minimum Gasteiger partial charge on any atom is -0.352 e. The first-order valence-electron chi connectivity index (χ1n) is 14.3. The fourth-order valence-electron chi connectivity index (χ4n) is 4.66. The van der Waals surface area contributed by atoms with E-state index in [4.69, 9.17) is 23.2 Å². The topological polar surface area (TPSA) is 86.8 Å². The van der Waals surface area contributed by atoms with Gasteiger partial charge in [-0.1, -0.05) is 96.9 Å². The van der Waals surface area contributed by atoms with Gasteiger partial charge in [-0.05, 0) is 66.9 Å². The second-order valence-electron chi connectivity index (χ2n) is 10.5. The van der Waals surface area contributed by atoms with E-state index in [0.29, 0.717) is 16.5 Å². The third kappa shape index (κ3) is 8.62. The quantitative estimate of drug-likeness (QED) is 0.173. The Kier molecular flexibility index (Phi) is 11.4. The Morgan fingerprint density at radius 1 is 0.795 bits per heavy atom. The van der Waals surface area contributed by atoms with Crippen molar-refractivity contribution < 1.29 is 18.0 Å². The molecule has 10 heteroatoms. The van der Waals surface area contributed by atoms with Crippen LogP contribution >= 0.6 is 23.2 Å². The predicted molar refractivity (Wildman–Crippen MR) is 176 cm³/mol. The Labute approximate surface area is 269 Å². The molecule has 0 aliphatic heterocycles. The van der Waals surface area contributed by atoms with Crippen molar-refractivity contribution in [2.45, 2.75) is 50.2 Å². The summed E-state index contributed by atoms with van der Waals surface area (Å²) in [5, 5.41) is 3.87. The van der Waals surface area contributed by atoms with E-state index in [0.717, 1.165) is 15.4 Å². The Balaban J connectivity index is 1.80. The van der Waals surface area contributed by atoms with Crippen LogP contribution in [-0.4, -0.2) is 43.8 Å². The van der Waals surface area contributed by atoms with Gasteiger partial charge in [-0.25, -0.2) is 8.42 Å². The summed E-state index contributed by atoms with van der Waals surface area (Å²) in [5.41, 5.74) is 1.82. The molecule has 0 saturated carbocycles. The van der Waals surface area contributed by atoms with Gasteiger partial charge in [0, 0.05) is 29.1 Å². The van der Waals surface area contributed by atoms with E-state index < -0.39 is 28.5 Å². The minimum absolute atomic E-state index is 0.0207. The number of anilines is 1. The fraction of sp³-hybridized carbons (Fsp3) is 0.235. The van der Waals surface area contributed by atoms with Crippen molar-refractivity contribution in [3.8, 4) is 0 Å². The number of hydrogen-bond acceptors (Lipinski definition) is 4. The molecule has 2 atom stereocenters. The van der Waals surface area contributed by atoms with Crippen LogP contribution < -0.4 is 9.62 Å². The monoisotopic (exact) mass is 651 g/mol. The van der Waals surface area contributed by atoms with Crippen LogP contribution in [0.4, 0.5) is 5.69 Å². The molecule has 0 bridgehead atoms. The summed E-state index contributed by atoms with van der Waals surface area (Å²) in [5.74, 6) is -0.884. The molecule has 2 amide bonds. The van der Waals surface area contributed by atoms with Gasteiger partial charge in [-0.3, -0.25) is 13.9 Å². The van der Waals surface area contributed by atoms with Gasteiger partial charge in [0.05, 0.1) is 10.6 Å². The Bertz CT molecular complexity index is 1650. The van der Waals surface area contributed by atoms with Crippen molar-refractivity contribution in [1.29, 1.82) is 0 Å². The summed E-state index contributed by atoms with van der Waals surface area (Å²) >= 11 is 12.4. The summed E-state index contributed by atoms with van der Waals surface area (Å²) in [4.78, 5) is 29.8. The fourth-order valence-corrected chi connectivity index (χ4v) is 6.40. The van der Waals surface area contributed by atoms with Crippen molar-refractivity contribution in [3.63, 3.8) is 0 Å². The number of carbonyl (C=O) groups is 2. The number of hydrogen-bond donors (Lipinski definition) is 1. The summed E-state index contributed by atoms with van der Waals surface area (Å²) < 4.78 is 29.0. The average Bonchev–Trinajstić information content (AvgIpc) is 3.03. The van der Waals surface area contributed by atoms with Crippen LogP contribution in [0.15, 0.2) is 114 Å². The number of carbonyl (C=O) groups excluding carboxylic acids is 2. The van der Waals surface area contributed by atoms with Gasteiger partial charge in [0.2, 0.25) is 11.8 Å². The largest absolute Gasteiger partial charge is 0.352 e. The molecule has 0 aromatic heterocycles. The zero-order chi connectivity index (χ0) is 31.7. The van der Waals surface area contributed by atoms with Crippen LogP contribution in [-0.2, 0) is 32.6 Å². The van der Waals surface area contributed by atoms with E-state index in [1.165, 1.54) is 23.1 Å². The third-order valence-corrected chi connectivity index (χ3v) is 9.52. The molecule has 0 unspecified atom stereocenters. The molecule has 0 saturated heterocycles. The normalized spacial score (nSPS) is 12.6. The highest BCUT2D eigenvalue weighted by molar-refractivity contribution is 7.92. The molecule has 4 rings (SSSR count). The molecular formula is C34H35Cl2N3O4S. The van der Waals surface area contributed by atoms with Crippen molar-refractivity contribution in [2.75, 3.05) is 10.8 Å². The van der Waals surface area contributed by atoms with Gasteiger partial charge in [0.25, 0.3) is 10.0 Å². The van der Waals surface area contributed by atoms with Crippen molar-refractivity contribution in [3.05, 3.63) is 130 Å². The van der Waals surface area contributed by atoms with Crippen molar-refractivity contribution >= 4 is 50.7 Å². The number of sulfonamides is 1. The second-order valence-corrected chi connectivity index (χ2v) is 13.2.